The molecular weight excluding hydrogens is 232 g/mol. The van der Waals surface area contributed by atoms with Crippen molar-refractivity contribution in [3.63, 3.8) is 0 Å². The van der Waals surface area contributed by atoms with Crippen LogP contribution in [0.1, 0.15) is 11.6 Å². The van der Waals surface area contributed by atoms with Gasteiger partial charge in [0.15, 0.2) is 0 Å². The number of nitrogens with two attached hydrogens (primary N) is 1. The molecule has 2 aromatic rings. The monoisotopic (exact) mass is 244 g/mol. The van der Waals surface area contributed by atoms with E-state index < -0.39 is 12.1 Å². The molecule has 18 heavy (non-hydrogen) atoms. The highest BCUT2D eigenvalue weighted by Crippen LogP contribution is 2.40. The second-order valence-electron chi connectivity index (χ2n) is 4.21. The van der Waals surface area contributed by atoms with E-state index in [1.165, 1.54) is 0 Å². The van der Waals surface area contributed by atoms with Crippen molar-refractivity contribution in [1.29, 1.82) is 0 Å². The van der Waals surface area contributed by atoms with Gasteiger partial charge in [0.05, 0.1) is 0 Å². The molecule has 5 heteroatoms. The van der Waals surface area contributed by atoms with Gasteiger partial charge in [-0.2, -0.15) is 5.06 Å². The van der Waals surface area contributed by atoms with Gasteiger partial charge in [-0.3, -0.25) is 5.21 Å². The zero-order valence-electron chi connectivity index (χ0n) is 9.54. The lowest BCUT2D eigenvalue weighted by Crippen LogP contribution is -2.36. The Morgan fingerprint density at radius 3 is 2.89 bits per heavy atom. The fraction of sp³-hybridized carbons (Fsp3) is 0.154. The predicted octanol–water partition coefficient (Wildman–Crippen LogP) is 2.04. The first-order chi connectivity index (χ1) is 8.68. The van der Waals surface area contributed by atoms with Crippen molar-refractivity contribution in [2.75, 3.05) is 6.61 Å². The second-order valence-corrected chi connectivity index (χ2v) is 4.21. The van der Waals surface area contributed by atoms with Gasteiger partial charge in [0.25, 0.3) is 0 Å². The third-order valence-corrected chi connectivity index (χ3v) is 3.18. The molecule has 0 aliphatic carbocycles. The molecule has 1 aliphatic heterocycles. The molecule has 3 rings (SSSR count). The topological polar surface area (TPSA) is 75.8 Å². The Labute approximate surface area is 103 Å². The maximum absolute atomic E-state index is 11.0. The van der Waals surface area contributed by atoms with E-state index in [1.54, 1.807) is 0 Å². The number of benzene rings is 2. The normalized spacial score (nSPS) is 17.3. The van der Waals surface area contributed by atoms with Gasteiger partial charge in [-0.1, -0.05) is 36.4 Å². The standard InChI is InChI=1S/C13H12N2O3/c14-13(16)15(17)11-7-18-12-9-4-2-1-3-8(9)5-6-10(11)12/h1-6,11,17H,7H2,(H2,14,16)/t11-/m0/s1. The Morgan fingerprint density at radius 2 is 2.11 bits per heavy atom. The summed E-state index contributed by atoms with van der Waals surface area (Å²) in [6.45, 7) is 0.211. The summed E-state index contributed by atoms with van der Waals surface area (Å²) in [5, 5.41) is 12.2. The van der Waals surface area contributed by atoms with Gasteiger partial charge in [-0.15, -0.1) is 0 Å². The molecule has 0 radical (unpaired) electrons. The molecule has 3 N–H and O–H groups in total. The first kappa shape index (κ1) is 10.9. The summed E-state index contributed by atoms with van der Waals surface area (Å²) in [7, 11) is 0. The van der Waals surface area contributed by atoms with Crippen LogP contribution in [0, 0.1) is 0 Å². The van der Waals surface area contributed by atoms with Crippen molar-refractivity contribution in [3.8, 4) is 5.75 Å². The van der Waals surface area contributed by atoms with Gasteiger partial charge in [0.2, 0.25) is 0 Å². The third kappa shape index (κ3) is 1.48. The minimum Gasteiger partial charge on any atom is -0.490 e. The van der Waals surface area contributed by atoms with Crippen LogP contribution in [0.2, 0.25) is 0 Å². The number of amides is 2. The molecule has 1 heterocycles. The molecule has 5 nitrogen and oxygen atoms in total. The maximum Gasteiger partial charge on any atom is 0.339 e. The number of carbonyl (C=O) groups excluding carboxylic acids is 1. The van der Waals surface area contributed by atoms with Crippen molar-refractivity contribution >= 4 is 16.8 Å². The average Bonchev–Trinajstić information content (AvgIpc) is 2.81. The molecule has 1 aliphatic rings. The van der Waals surface area contributed by atoms with Crippen molar-refractivity contribution in [2.45, 2.75) is 6.04 Å². The summed E-state index contributed by atoms with van der Waals surface area (Å²) >= 11 is 0. The van der Waals surface area contributed by atoms with Crippen molar-refractivity contribution in [2.24, 2.45) is 5.73 Å². The molecule has 92 valence electrons. The number of fused-ring (bicyclic) bond motifs is 3. The smallest absolute Gasteiger partial charge is 0.339 e. The van der Waals surface area contributed by atoms with E-state index in [0.717, 1.165) is 16.3 Å². The molecular formula is C13H12N2O3. The number of ether oxygens (including phenoxy) is 1. The molecule has 0 bridgehead atoms. The molecule has 0 spiro atoms. The van der Waals surface area contributed by atoms with Gasteiger partial charge in [0, 0.05) is 10.9 Å². The largest absolute Gasteiger partial charge is 0.490 e. The minimum atomic E-state index is -0.885. The molecule has 0 unspecified atom stereocenters. The maximum atomic E-state index is 11.0. The highest BCUT2D eigenvalue weighted by molar-refractivity contribution is 5.90. The van der Waals surface area contributed by atoms with Gasteiger partial charge < -0.3 is 10.5 Å². The first-order valence-electron chi connectivity index (χ1n) is 5.60. The zero-order chi connectivity index (χ0) is 12.7. The van der Waals surface area contributed by atoms with Gasteiger partial charge in [-0.05, 0) is 5.39 Å². The molecule has 0 saturated heterocycles. The van der Waals surface area contributed by atoms with Crippen LogP contribution in [0.15, 0.2) is 36.4 Å². The van der Waals surface area contributed by atoms with E-state index in [0.29, 0.717) is 10.8 Å². The average molecular weight is 244 g/mol. The van der Waals surface area contributed by atoms with E-state index in [-0.39, 0.29) is 6.61 Å². The Morgan fingerprint density at radius 1 is 1.33 bits per heavy atom. The third-order valence-electron chi connectivity index (χ3n) is 3.18. The van der Waals surface area contributed by atoms with Crippen LogP contribution in [0.3, 0.4) is 0 Å². The van der Waals surface area contributed by atoms with Crippen LogP contribution in [0.5, 0.6) is 5.75 Å². The summed E-state index contributed by atoms with van der Waals surface area (Å²) in [6, 6.07) is 10.2. The van der Waals surface area contributed by atoms with Crippen molar-refractivity contribution in [1.82, 2.24) is 5.06 Å². The molecule has 1 atom stereocenters. The van der Waals surface area contributed by atoms with E-state index in [1.807, 2.05) is 36.4 Å². The number of carbonyl (C=O) groups is 1. The molecule has 0 aromatic heterocycles. The van der Waals surface area contributed by atoms with Crippen molar-refractivity contribution < 1.29 is 14.7 Å². The number of urea groups is 1. The van der Waals surface area contributed by atoms with Crippen molar-refractivity contribution in [3.05, 3.63) is 42.0 Å². The Bertz CT molecular complexity index is 627. The van der Waals surface area contributed by atoms with Crippen LogP contribution in [0.4, 0.5) is 4.79 Å². The fourth-order valence-electron chi connectivity index (χ4n) is 2.29. The molecule has 2 amide bonds. The number of hydrogen-bond donors (Lipinski definition) is 2. The van der Waals surface area contributed by atoms with Crippen LogP contribution < -0.4 is 10.5 Å². The highest BCUT2D eigenvalue weighted by atomic mass is 16.5. The summed E-state index contributed by atoms with van der Waals surface area (Å²) in [5.41, 5.74) is 5.84. The van der Waals surface area contributed by atoms with E-state index in [4.69, 9.17) is 10.5 Å². The quantitative estimate of drug-likeness (QED) is 0.595. The zero-order valence-corrected chi connectivity index (χ0v) is 9.54. The Kier molecular flexibility index (Phi) is 2.34. The number of primary amides is 1. The van der Waals surface area contributed by atoms with E-state index >= 15 is 0 Å². The highest BCUT2D eigenvalue weighted by Gasteiger charge is 2.32. The Balaban J connectivity index is 2.13. The lowest BCUT2D eigenvalue weighted by molar-refractivity contribution is -0.0798. The lowest BCUT2D eigenvalue weighted by atomic mass is 10.0. The van der Waals surface area contributed by atoms with Crippen LogP contribution in [-0.4, -0.2) is 22.9 Å². The Hall–Kier alpha value is -2.27. The number of hydroxylamine groups is 2. The summed E-state index contributed by atoms with van der Waals surface area (Å²) in [6.07, 6.45) is 0. The fourth-order valence-corrected chi connectivity index (χ4v) is 2.29. The minimum absolute atomic E-state index is 0.211. The second kappa shape index (κ2) is 3.89. The SMILES string of the molecule is NC(=O)N(O)[C@H]1COc2c1ccc1ccccc21. The van der Waals surface area contributed by atoms with E-state index in [9.17, 15) is 10.0 Å². The van der Waals surface area contributed by atoms with Gasteiger partial charge in [-0.25, -0.2) is 4.79 Å². The van der Waals surface area contributed by atoms with Gasteiger partial charge >= 0.3 is 6.03 Å². The first-order valence-corrected chi connectivity index (χ1v) is 5.60. The lowest BCUT2D eigenvalue weighted by Gasteiger charge is -2.18. The number of rotatable bonds is 1. The summed E-state index contributed by atoms with van der Waals surface area (Å²) in [5.74, 6) is 0.707. The van der Waals surface area contributed by atoms with Crippen LogP contribution in [-0.2, 0) is 0 Å². The molecule has 0 fully saturated rings. The van der Waals surface area contributed by atoms with Crippen LogP contribution >= 0.6 is 0 Å². The predicted molar refractivity (Wildman–Crippen MR) is 65.4 cm³/mol. The molecule has 0 saturated carbocycles. The van der Waals surface area contributed by atoms with E-state index in [2.05, 4.69) is 0 Å². The van der Waals surface area contributed by atoms with Crippen LogP contribution in [0.25, 0.3) is 10.8 Å². The number of hydrogen-bond acceptors (Lipinski definition) is 3. The summed E-state index contributed by atoms with van der Waals surface area (Å²) < 4.78 is 5.59. The number of nitrogens with zero attached hydrogens (tertiary/aromatic N) is 1. The molecule has 2 aromatic carbocycles. The van der Waals surface area contributed by atoms with Gasteiger partial charge in [0.1, 0.15) is 18.4 Å². The summed E-state index contributed by atoms with van der Waals surface area (Å²) in [4.78, 5) is 11.0.